The molecule has 0 spiro atoms. The average molecular weight is 170 g/mol. The summed E-state index contributed by atoms with van der Waals surface area (Å²) in [4.78, 5) is 1.06. The van der Waals surface area contributed by atoms with Crippen LogP contribution in [0.25, 0.3) is 0 Å². The zero-order valence-corrected chi connectivity index (χ0v) is 7.02. The molecule has 3 N–H and O–H groups in total. The second-order valence-electron chi connectivity index (χ2n) is 1.92. The Hall–Kier alpha value is -0.710. The molecule has 0 saturated heterocycles. The first-order valence-electron chi connectivity index (χ1n) is 3.14. The molecule has 0 saturated carbocycles. The predicted molar refractivity (Wildman–Crippen MR) is 47.1 cm³/mol. The van der Waals surface area contributed by atoms with Crippen molar-refractivity contribution in [2.45, 2.75) is 4.90 Å². The van der Waals surface area contributed by atoms with E-state index in [-0.39, 0.29) is 0 Å². The highest BCUT2D eigenvalue weighted by Gasteiger charge is 1.91. The number of hydrogen-bond donors (Lipinski definition) is 2. The fraction of sp³-hybridized carbons (Fsp3) is 0.143. The summed E-state index contributed by atoms with van der Waals surface area (Å²) in [6.45, 7) is 0. The molecule has 0 atom stereocenters. The molecule has 0 aliphatic carbocycles. The molecule has 0 aromatic heterocycles. The zero-order valence-electron chi connectivity index (χ0n) is 6.20. The van der Waals surface area contributed by atoms with Crippen LogP contribution in [-0.2, 0) is 4.18 Å². The van der Waals surface area contributed by atoms with Crippen molar-refractivity contribution >= 4 is 17.7 Å². The number of rotatable bonds is 3. The van der Waals surface area contributed by atoms with Crippen molar-refractivity contribution in [1.29, 1.82) is 0 Å². The lowest BCUT2D eigenvalue weighted by Crippen LogP contribution is -2.05. The molecule has 0 unspecified atom stereocenters. The third-order valence-electron chi connectivity index (χ3n) is 1.20. The van der Waals surface area contributed by atoms with Gasteiger partial charge in [0.15, 0.2) is 0 Å². The van der Waals surface area contributed by atoms with Gasteiger partial charge >= 0.3 is 0 Å². The molecular weight excluding hydrogens is 160 g/mol. The molecular formula is C7H10N2OS. The van der Waals surface area contributed by atoms with Crippen molar-refractivity contribution in [2.75, 3.05) is 12.5 Å². The summed E-state index contributed by atoms with van der Waals surface area (Å²) in [7, 11) is 1.64. The van der Waals surface area contributed by atoms with Crippen LogP contribution >= 0.6 is 12.0 Å². The molecule has 1 aromatic rings. The summed E-state index contributed by atoms with van der Waals surface area (Å²) >= 11 is 1.33. The first-order chi connectivity index (χ1) is 5.36. The summed E-state index contributed by atoms with van der Waals surface area (Å²) < 4.78 is 4.87. The number of nitrogen functional groups attached to an aromatic ring is 1. The Labute approximate surface area is 70.1 Å². The normalized spacial score (nSPS) is 9.64. The van der Waals surface area contributed by atoms with E-state index in [0.29, 0.717) is 0 Å². The largest absolute Gasteiger partial charge is 0.324 e. The van der Waals surface area contributed by atoms with Crippen LogP contribution in [0.1, 0.15) is 0 Å². The van der Waals surface area contributed by atoms with Crippen molar-refractivity contribution in [2.24, 2.45) is 5.84 Å². The number of hydrogen-bond acceptors (Lipinski definition) is 4. The fourth-order valence-corrected chi connectivity index (χ4v) is 1.14. The maximum Gasteiger partial charge on any atom is 0.0508 e. The first kappa shape index (κ1) is 8.39. The molecule has 0 radical (unpaired) electrons. The Morgan fingerprint density at radius 2 is 2.00 bits per heavy atom. The molecule has 0 aliphatic heterocycles. The van der Waals surface area contributed by atoms with Crippen molar-refractivity contribution in [3.8, 4) is 0 Å². The van der Waals surface area contributed by atoms with Crippen LogP contribution < -0.4 is 11.3 Å². The van der Waals surface area contributed by atoms with E-state index in [1.807, 2.05) is 24.3 Å². The molecule has 0 fully saturated rings. The van der Waals surface area contributed by atoms with Gasteiger partial charge in [0.25, 0.3) is 0 Å². The summed E-state index contributed by atoms with van der Waals surface area (Å²) in [6.07, 6.45) is 0. The standard InChI is InChI=1S/C7H10N2OS/c1-10-11-7-4-2-6(9-8)3-5-7/h2-5,9H,8H2,1H3. The lowest BCUT2D eigenvalue weighted by Gasteiger charge is -2.00. The quantitative estimate of drug-likeness (QED) is 0.411. The molecule has 60 valence electrons. The van der Waals surface area contributed by atoms with E-state index >= 15 is 0 Å². The highest BCUT2D eigenvalue weighted by molar-refractivity contribution is 7.94. The number of anilines is 1. The van der Waals surface area contributed by atoms with Gasteiger partial charge in [-0.05, 0) is 24.3 Å². The maximum absolute atomic E-state index is 5.19. The minimum atomic E-state index is 0.894. The van der Waals surface area contributed by atoms with Gasteiger partial charge in [0.05, 0.1) is 7.11 Å². The highest BCUT2D eigenvalue weighted by atomic mass is 32.2. The minimum absolute atomic E-state index is 0.894. The van der Waals surface area contributed by atoms with Crippen LogP contribution in [0.5, 0.6) is 0 Å². The van der Waals surface area contributed by atoms with E-state index in [1.165, 1.54) is 12.0 Å². The van der Waals surface area contributed by atoms with E-state index < -0.39 is 0 Å². The minimum Gasteiger partial charge on any atom is -0.324 e. The van der Waals surface area contributed by atoms with Gasteiger partial charge in [0, 0.05) is 22.6 Å². The lowest BCUT2D eigenvalue weighted by atomic mass is 10.3. The van der Waals surface area contributed by atoms with E-state index in [9.17, 15) is 0 Å². The summed E-state index contributed by atoms with van der Waals surface area (Å²) in [5, 5.41) is 0. The van der Waals surface area contributed by atoms with E-state index in [1.54, 1.807) is 7.11 Å². The molecule has 11 heavy (non-hydrogen) atoms. The Bertz CT molecular complexity index is 212. The van der Waals surface area contributed by atoms with Crippen LogP contribution in [0.15, 0.2) is 29.2 Å². The van der Waals surface area contributed by atoms with Gasteiger partial charge in [-0.3, -0.25) is 5.84 Å². The smallest absolute Gasteiger partial charge is 0.0508 e. The second kappa shape index (κ2) is 4.23. The molecule has 0 heterocycles. The van der Waals surface area contributed by atoms with Crippen LogP contribution in [0.4, 0.5) is 5.69 Å². The predicted octanol–water partition coefficient (Wildman–Crippen LogP) is 1.63. The lowest BCUT2D eigenvalue weighted by molar-refractivity contribution is 0.490. The first-order valence-corrected chi connectivity index (χ1v) is 3.88. The van der Waals surface area contributed by atoms with E-state index in [2.05, 4.69) is 5.43 Å². The van der Waals surface area contributed by atoms with E-state index in [0.717, 1.165) is 10.6 Å². The third-order valence-corrected chi connectivity index (χ3v) is 1.83. The van der Waals surface area contributed by atoms with Crippen LogP contribution in [0, 0.1) is 0 Å². The topological polar surface area (TPSA) is 47.3 Å². The highest BCUT2D eigenvalue weighted by Crippen LogP contribution is 2.19. The Balaban J connectivity index is 2.66. The Morgan fingerprint density at radius 1 is 1.36 bits per heavy atom. The fourth-order valence-electron chi connectivity index (χ4n) is 0.703. The van der Waals surface area contributed by atoms with Gasteiger partial charge in [-0.15, -0.1) is 0 Å². The Kier molecular flexibility index (Phi) is 3.22. The van der Waals surface area contributed by atoms with Gasteiger partial charge in [-0.2, -0.15) is 0 Å². The molecule has 0 aliphatic rings. The molecule has 3 nitrogen and oxygen atoms in total. The van der Waals surface area contributed by atoms with Gasteiger partial charge in [-0.1, -0.05) is 0 Å². The van der Waals surface area contributed by atoms with Crippen molar-refractivity contribution in [1.82, 2.24) is 0 Å². The summed E-state index contributed by atoms with van der Waals surface area (Å²) in [6, 6.07) is 7.65. The molecule has 0 bridgehead atoms. The van der Waals surface area contributed by atoms with Crippen molar-refractivity contribution in [3.63, 3.8) is 0 Å². The van der Waals surface area contributed by atoms with Gasteiger partial charge in [0.2, 0.25) is 0 Å². The monoisotopic (exact) mass is 170 g/mol. The second-order valence-corrected chi connectivity index (χ2v) is 2.89. The number of benzene rings is 1. The summed E-state index contributed by atoms with van der Waals surface area (Å²) in [5.41, 5.74) is 3.44. The zero-order chi connectivity index (χ0) is 8.10. The van der Waals surface area contributed by atoms with Crippen LogP contribution in [-0.4, -0.2) is 7.11 Å². The average Bonchev–Trinajstić information content (AvgIpc) is 2.07. The number of nitrogens with one attached hydrogen (secondary N) is 1. The maximum atomic E-state index is 5.19. The molecule has 1 rings (SSSR count). The van der Waals surface area contributed by atoms with E-state index in [4.69, 9.17) is 10.0 Å². The van der Waals surface area contributed by atoms with Crippen LogP contribution in [0.2, 0.25) is 0 Å². The van der Waals surface area contributed by atoms with Crippen LogP contribution in [0.3, 0.4) is 0 Å². The summed E-state index contributed by atoms with van der Waals surface area (Å²) in [5.74, 6) is 5.19. The molecule has 0 amide bonds. The van der Waals surface area contributed by atoms with Gasteiger partial charge in [0.1, 0.15) is 0 Å². The number of hydrazine groups is 1. The van der Waals surface area contributed by atoms with Crippen molar-refractivity contribution < 1.29 is 4.18 Å². The van der Waals surface area contributed by atoms with Crippen molar-refractivity contribution in [3.05, 3.63) is 24.3 Å². The number of nitrogens with two attached hydrogens (primary N) is 1. The van der Waals surface area contributed by atoms with Gasteiger partial charge < -0.3 is 9.61 Å². The molecule has 1 aromatic carbocycles. The SMILES string of the molecule is COSc1ccc(NN)cc1. The third kappa shape index (κ3) is 2.42. The van der Waals surface area contributed by atoms with Gasteiger partial charge in [-0.25, -0.2) is 0 Å². The molecule has 4 heteroatoms. The Morgan fingerprint density at radius 3 is 2.45 bits per heavy atom.